The lowest BCUT2D eigenvalue weighted by atomic mass is 9.80. The number of benzene rings is 1. The van der Waals surface area contributed by atoms with Crippen LogP contribution in [0.25, 0.3) is 0 Å². The molecule has 42 heavy (non-hydrogen) atoms. The van der Waals surface area contributed by atoms with Crippen LogP contribution in [-0.2, 0) is 32.1 Å². The zero-order valence-corrected chi connectivity index (χ0v) is 29.7. The van der Waals surface area contributed by atoms with E-state index in [9.17, 15) is 5.11 Å². The SMILES string of the molecule is CCCCCCCc1c(O)c(CCCCCCC)c(CCCCCCC)c(CCCCCCC)c1CCCCCCC. The van der Waals surface area contributed by atoms with Crippen LogP contribution in [0.3, 0.4) is 0 Å². The Morgan fingerprint density at radius 1 is 0.262 bits per heavy atom. The Balaban J connectivity index is 3.45. The quantitative estimate of drug-likeness (QED) is 0.0892. The van der Waals surface area contributed by atoms with Crippen molar-refractivity contribution in [1.29, 1.82) is 0 Å². The van der Waals surface area contributed by atoms with Crippen LogP contribution in [0, 0.1) is 0 Å². The van der Waals surface area contributed by atoms with Gasteiger partial charge < -0.3 is 5.11 Å². The van der Waals surface area contributed by atoms with Gasteiger partial charge in [-0.05, 0) is 92.0 Å². The van der Waals surface area contributed by atoms with Gasteiger partial charge in [-0.3, -0.25) is 0 Å². The monoisotopic (exact) mass is 585 g/mol. The van der Waals surface area contributed by atoms with Crippen LogP contribution in [0.1, 0.15) is 223 Å². The van der Waals surface area contributed by atoms with E-state index in [0.717, 1.165) is 18.6 Å². The number of phenolic OH excluding ortho intramolecular Hbond substituents is 1. The molecule has 246 valence electrons. The summed E-state index contributed by atoms with van der Waals surface area (Å²) in [6.07, 6.45) is 38.9. The highest BCUT2D eigenvalue weighted by Crippen LogP contribution is 2.39. The molecule has 0 spiro atoms. The lowest BCUT2D eigenvalue weighted by Crippen LogP contribution is -2.11. The maximum absolute atomic E-state index is 12.1. The van der Waals surface area contributed by atoms with E-state index in [1.165, 1.54) is 191 Å². The number of hydrogen-bond acceptors (Lipinski definition) is 1. The fraction of sp³-hybridized carbons (Fsp3) is 0.854. The third-order valence-electron chi connectivity index (χ3n) is 9.68. The second-order valence-corrected chi connectivity index (χ2v) is 13.6. The average molecular weight is 585 g/mol. The summed E-state index contributed by atoms with van der Waals surface area (Å²) in [6.45, 7) is 11.6. The maximum Gasteiger partial charge on any atom is 0.122 e. The summed E-state index contributed by atoms with van der Waals surface area (Å²) in [6, 6.07) is 0. The van der Waals surface area contributed by atoms with Crippen molar-refractivity contribution in [3.8, 4) is 5.75 Å². The predicted molar refractivity (Wildman–Crippen MR) is 190 cm³/mol. The predicted octanol–water partition coefficient (Wildman–Crippen LogP) is 14.0. The Hall–Kier alpha value is -0.980. The Labute approximate surface area is 265 Å². The third kappa shape index (κ3) is 16.8. The molecular weight excluding hydrogens is 508 g/mol. The van der Waals surface area contributed by atoms with E-state index < -0.39 is 0 Å². The molecule has 0 saturated heterocycles. The molecule has 1 nitrogen and oxygen atoms in total. The fourth-order valence-corrected chi connectivity index (χ4v) is 6.98. The van der Waals surface area contributed by atoms with E-state index in [2.05, 4.69) is 34.6 Å². The van der Waals surface area contributed by atoms with Crippen molar-refractivity contribution in [2.45, 2.75) is 227 Å². The third-order valence-corrected chi connectivity index (χ3v) is 9.68. The first-order chi connectivity index (χ1) is 20.7. The number of hydrogen-bond donors (Lipinski definition) is 1. The van der Waals surface area contributed by atoms with Crippen LogP contribution in [0.5, 0.6) is 5.75 Å². The highest BCUT2D eigenvalue weighted by Gasteiger charge is 2.23. The molecule has 0 unspecified atom stereocenters. The molecule has 0 aliphatic heterocycles. The molecule has 0 saturated carbocycles. The smallest absolute Gasteiger partial charge is 0.122 e. The van der Waals surface area contributed by atoms with Gasteiger partial charge in [0.15, 0.2) is 0 Å². The second-order valence-electron chi connectivity index (χ2n) is 13.6. The zero-order valence-electron chi connectivity index (χ0n) is 29.7. The van der Waals surface area contributed by atoms with Crippen molar-refractivity contribution in [1.82, 2.24) is 0 Å². The van der Waals surface area contributed by atoms with Crippen molar-refractivity contribution < 1.29 is 5.11 Å². The number of phenols is 1. The molecule has 0 aliphatic carbocycles. The average Bonchev–Trinajstić information content (AvgIpc) is 2.99. The summed E-state index contributed by atoms with van der Waals surface area (Å²) in [5.74, 6) is 0.739. The minimum absolute atomic E-state index is 0.739. The normalized spacial score (nSPS) is 11.5. The van der Waals surface area contributed by atoms with Gasteiger partial charge in [0.1, 0.15) is 5.75 Å². The van der Waals surface area contributed by atoms with Crippen LogP contribution < -0.4 is 0 Å². The molecule has 0 aromatic heterocycles. The van der Waals surface area contributed by atoms with E-state index in [1.54, 1.807) is 16.7 Å². The molecule has 1 rings (SSSR count). The lowest BCUT2D eigenvalue weighted by molar-refractivity contribution is 0.452. The lowest BCUT2D eigenvalue weighted by Gasteiger charge is -2.25. The highest BCUT2D eigenvalue weighted by atomic mass is 16.3. The van der Waals surface area contributed by atoms with E-state index >= 15 is 0 Å². The summed E-state index contributed by atoms with van der Waals surface area (Å²) < 4.78 is 0. The number of rotatable bonds is 30. The minimum atomic E-state index is 0.739. The van der Waals surface area contributed by atoms with E-state index in [0.29, 0.717) is 0 Å². The summed E-state index contributed by atoms with van der Waals surface area (Å²) in [5, 5.41) is 12.1. The van der Waals surface area contributed by atoms with Gasteiger partial charge >= 0.3 is 0 Å². The van der Waals surface area contributed by atoms with E-state index in [4.69, 9.17) is 0 Å². The molecule has 0 heterocycles. The first-order valence-corrected chi connectivity index (χ1v) is 19.5. The summed E-state index contributed by atoms with van der Waals surface area (Å²) in [7, 11) is 0. The Morgan fingerprint density at radius 2 is 0.452 bits per heavy atom. The van der Waals surface area contributed by atoms with Gasteiger partial charge in [0, 0.05) is 0 Å². The molecule has 0 atom stereocenters. The topological polar surface area (TPSA) is 20.2 Å². The Morgan fingerprint density at radius 3 is 0.690 bits per heavy atom. The van der Waals surface area contributed by atoms with Crippen LogP contribution in [0.15, 0.2) is 0 Å². The Bertz CT molecular complexity index is 695. The van der Waals surface area contributed by atoms with Crippen molar-refractivity contribution in [3.63, 3.8) is 0 Å². The van der Waals surface area contributed by atoms with E-state index in [1.807, 2.05) is 0 Å². The van der Waals surface area contributed by atoms with Crippen molar-refractivity contribution in [3.05, 3.63) is 27.8 Å². The van der Waals surface area contributed by atoms with Gasteiger partial charge in [-0.1, -0.05) is 163 Å². The molecule has 0 amide bonds. The largest absolute Gasteiger partial charge is 0.507 e. The molecule has 0 bridgehead atoms. The molecule has 1 aromatic rings. The van der Waals surface area contributed by atoms with Crippen LogP contribution in [0.2, 0.25) is 0 Å². The Kier molecular flexibility index (Phi) is 25.6. The number of unbranched alkanes of at least 4 members (excludes halogenated alkanes) is 20. The standard InChI is InChI=1S/C41H76O/c1-6-11-16-21-26-31-36-37(32-27-22-17-12-7-2)39(34-29-24-19-14-9-4)41(42)40(35-30-25-20-15-10-5)38(36)33-28-23-18-13-8-3/h42H,6-35H2,1-5H3. The van der Waals surface area contributed by atoms with Gasteiger partial charge in [0.2, 0.25) is 0 Å². The fourth-order valence-electron chi connectivity index (χ4n) is 6.98. The molecule has 0 aliphatic rings. The number of aromatic hydroxyl groups is 1. The first kappa shape index (κ1) is 39.0. The van der Waals surface area contributed by atoms with Gasteiger partial charge in [0.05, 0.1) is 0 Å². The molecule has 1 aromatic carbocycles. The van der Waals surface area contributed by atoms with Gasteiger partial charge in [0.25, 0.3) is 0 Å². The molecule has 1 heteroatoms. The van der Waals surface area contributed by atoms with Crippen molar-refractivity contribution in [2.75, 3.05) is 0 Å². The van der Waals surface area contributed by atoms with Crippen molar-refractivity contribution in [2.24, 2.45) is 0 Å². The molecular formula is C41H76O. The van der Waals surface area contributed by atoms with Gasteiger partial charge in [-0.25, -0.2) is 0 Å². The van der Waals surface area contributed by atoms with Crippen molar-refractivity contribution >= 4 is 0 Å². The second kappa shape index (κ2) is 27.6. The summed E-state index contributed by atoms with van der Waals surface area (Å²) in [4.78, 5) is 0. The summed E-state index contributed by atoms with van der Waals surface area (Å²) >= 11 is 0. The van der Waals surface area contributed by atoms with Gasteiger partial charge in [-0.2, -0.15) is 0 Å². The maximum atomic E-state index is 12.1. The zero-order chi connectivity index (χ0) is 30.7. The minimum Gasteiger partial charge on any atom is -0.507 e. The molecule has 0 radical (unpaired) electrons. The molecule has 1 N–H and O–H groups in total. The van der Waals surface area contributed by atoms with Crippen LogP contribution >= 0.6 is 0 Å². The highest BCUT2D eigenvalue weighted by molar-refractivity contribution is 5.56. The molecule has 0 fully saturated rings. The summed E-state index contributed by atoms with van der Waals surface area (Å²) in [5.41, 5.74) is 7.68. The van der Waals surface area contributed by atoms with Crippen LogP contribution in [0.4, 0.5) is 0 Å². The first-order valence-electron chi connectivity index (χ1n) is 19.5. The van der Waals surface area contributed by atoms with Crippen LogP contribution in [-0.4, -0.2) is 5.11 Å². The van der Waals surface area contributed by atoms with E-state index in [-0.39, 0.29) is 0 Å². The van der Waals surface area contributed by atoms with Gasteiger partial charge in [-0.15, -0.1) is 0 Å².